The van der Waals surface area contributed by atoms with Gasteiger partial charge in [0.05, 0.1) is 10.9 Å². The van der Waals surface area contributed by atoms with Crippen molar-refractivity contribution in [3.8, 4) is 0 Å². The number of hydrogen-bond acceptors (Lipinski definition) is 1. The maximum Gasteiger partial charge on any atom is 0.251 e. The first-order chi connectivity index (χ1) is 7.74. The van der Waals surface area contributed by atoms with Gasteiger partial charge in [0.1, 0.15) is 0 Å². The third-order valence-corrected chi connectivity index (χ3v) is 4.26. The van der Waals surface area contributed by atoms with Crippen LogP contribution in [0.3, 0.4) is 0 Å². The molecule has 0 radical (unpaired) electrons. The second-order valence-corrected chi connectivity index (χ2v) is 6.26. The van der Waals surface area contributed by atoms with E-state index in [4.69, 9.17) is 11.6 Å². The lowest BCUT2D eigenvalue weighted by Gasteiger charge is -2.29. The molecular weight excluding hydrogens is 302 g/mol. The van der Waals surface area contributed by atoms with Crippen molar-refractivity contribution in [3.63, 3.8) is 0 Å². The molecule has 0 aromatic heterocycles. The third kappa shape index (κ3) is 3.71. The molecule has 4 heteroatoms. The Morgan fingerprint density at radius 1 is 1.47 bits per heavy atom. The van der Waals surface area contributed by atoms with Crippen molar-refractivity contribution in [2.24, 2.45) is 0 Å². The smallest absolute Gasteiger partial charge is 0.251 e. The summed E-state index contributed by atoms with van der Waals surface area (Å²) in [6, 6.07) is 5.54. The zero-order valence-electron chi connectivity index (χ0n) is 10.5. The van der Waals surface area contributed by atoms with Crippen molar-refractivity contribution in [2.45, 2.75) is 38.6 Å². The number of rotatable bonds is 3. The molecule has 0 bridgehead atoms. The molecule has 2 nitrogen and oxygen atoms in total. The van der Waals surface area contributed by atoms with Crippen LogP contribution in [0.5, 0.6) is 0 Å². The van der Waals surface area contributed by atoms with Crippen LogP contribution < -0.4 is 5.32 Å². The van der Waals surface area contributed by atoms with Crippen LogP contribution in [0.1, 0.15) is 36.7 Å². The van der Waals surface area contributed by atoms with E-state index in [9.17, 15) is 4.79 Å². The normalized spacial score (nSPS) is 13.3. The van der Waals surface area contributed by atoms with Crippen LogP contribution in [0.15, 0.2) is 22.7 Å². The van der Waals surface area contributed by atoms with Gasteiger partial charge in [-0.15, -0.1) is 11.6 Å². The second kappa shape index (κ2) is 5.40. The maximum atomic E-state index is 12.0. The molecule has 0 saturated carbocycles. The lowest BCUT2D eigenvalue weighted by Crippen LogP contribution is -2.49. The number of amides is 1. The summed E-state index contributed by atoms with van der Waals surface area (Å²) < 4.78 is 0.932. The van der Waals surface area contributed by atoms with Gasteiger partial charge >= 0.3 is 0 Å². The molecule has 1 aromatic carbocycles. The fraction of sp³-hybridized carbons (Fsp3) is 0.462. The largest absolute Gasteiger partial charge is 0.346 e. The number of halogens is 2. The van der Waals surface area contributed by atoms with Gasteiger partial charge in [-0.25, -0.2) is 0 Å². The number of carbonyl (C=O) groups is 1. The van der Waals surface area contributed by atoms with E-state index < -0.39 is 5.54 Å². The Labute approximate surface area is 116 Å². The minimum Gasteiger partial charge on any atom is -0.346 e. The minimum absolute atomic E-state index is 0.108. The van der Waals surface area contributed by atoms with Crippen LogP contribution in [0.2, 0.25) is 0 Å². The Balaban J connectivity index is 2.87. The fourth-order valence-corrected chi connectivity index (χ4v) is 1.63. The van der Waals surface area contributed by atoms with Crippen molar-refractivity contribution in [2.75, 3.05) is 0 Å². The summed E-state index contributed by atoms with van der Waals surface area (Å²) in [6.45, 7) is 7.67. The predicted octanol–water partition coefficient (Wildman–Crippen LogP) is 3.89. The van der Waals surface area contributed by atoms with E-state index in [0.29, 0.717) is 5.56 Å². The Kier molecular flexibility index (Phi) is 4.62. The Morgan fingerprint density at radius 3 is 2.53 bits per heavy atom. The Bertz CT molecular complexity index is 429. The van der Waals surface area contributed by atoms with E-state index in [-0.39, 0.29) is 11.3 Å². The van der Waals surface area contributed by atoms with Gasteiger partial charge in [-0.2, -0.15) is 0 Å². The number of hydrogen-bond donors (Lipinski definition) is 1. The molecule has 1 unspecified atom stereocenters. The number of aryl methyl sites for hydroxylation is 1. The van der Waals surface area contributed by atoms with Crippen molar-refractivity contribution in [1.29, 1.82) is 0 Å². The molecule has 0 aliphatic rings. The van der Waals surface area contributed by atoms with Gasteiger partial charge in [-0.05, 0) is 45.4 Å². The van der Waals surface area contributed by atoms with Crippen molar-refractivity contribution in [1.82, 2.24) is 5.32 Å². The fourth-order valence-electron chi connectivity index (χ4n) is 1.20. The topological polar surface area (TPSA) is 29.1 Å². The van der Waals surface area contributed by atoms with E-state index in [0.717, 1.165) is 10.0 Å². The van der Waals surface area contributed by atoms with Crippen LogP contribution in [-0.4, -0.2) is 16.8 Å². The molecule has 1 N–H and O–H groups in total. The lowest BCUT2D eigenvalue weighted by atomic mass is 10.0. The summed E-state index contributed by atoms with van der Waals surface area (Å²) in [5.74, 6) is -0.108. The van der Waals surface area contributed by atoms with E-state index in [1.807, 2.05) is 45.9 Å². The average molecular weight is 319 g/mol. The van der Waals surface area contributed by atoms with Gasteiger partial charge < -0.3 is 5.32 Å². The van der Waals surface area contributed by atoms with Gasteiger partial charge in [0, 0.05) is 10.0 Å². The van der Waals surface area contributed by atoms with Crippen LogP contribution in [0.25, 0.3) is 0 Å². The van der Waals surface area contributed by atoms with Gasteiger partial charge in [-0.1, -0.05) is 22.0 Å². The summed E-state index contributed by atoms with van der Waals surface area (Å²) in [7, 11) is 0. The van der Waals surface area contributed by atoms with Crippen molar-refractivity contribution in [3.05, 3.63) is 33.8 Å². The first-order valence-electron chi connectivity index (χ1n) is 5.47. The first kappa shape index (κ1) is 14.5. The highest BCUT2D eigenvalue weighted by molar-refractivity contribution is 9.10. The van der Waals surface area contributed by atoms with Gasteiger partial charge in [0.15, 0.2) is 0 Å². The van der Waals surface area contributed by atoms with E-state index >= 15 is 0 Å². The number of benzene rings is 1. The number of carbonyl (C=O) groups excluding carboxylic acids is 1. The molecule has 17 heavy (non-hydrogen) atoms. The van der Waals surface area contributed by atoms with Crippen LogP contribution in [-0.2, 0) is 0 Å². The van der Waals surface area contributed by atoms with E-state index in [1.165, 1.54) is 0 Å². The summed E-state index contributed by atoms with van der Waals surface area (Å²) in [5.41, 5.74) is 1.30. The van der Waals surface area contributed by atoms with Gasteiger partial charge in [-0.3, -0.25) is 4.79 Å². The standard InChI is InChI=1S/C13H17BrClNO/c1-8-5-6-10(7-11(8)14)12(17)16-13(3,4)9(2)15/h5-7,9H,1-4H3,(H,16,17). The van der Waals surface area contributed by atoms with Crippen LogP contribution >= 0.6 is 27.5 Å². The Morgan fingerprint density at radius 2 is 2.06 bits per heavy atom. The number of nitrogens with one attached hydrogen (secondary N) is 1. The van der Waals surface area contributed by atoms with E-state index in [2.05, 4.69) is 21.2 Å². The molecule has 0 spiro atoms. The molecule has 0 heterocycles. The molecular formula is C13H17BrClNO. The molecule has 94 valence electrons. The highest BCUT2D eigenvalue weighted by atomic mass is 79.9. The average Bonchev–Trinajstić information content (AvgIpc) is 2.21. The second-order valence-electron chi connectivity index (χ2n) is 4.76. The molecule has 0 saturated heterocycles. The van der Waals surface area contributed by atoms with Gasteiger partial charge in [0.2, 0.25) is 0 Å². The van der Waals surface area contributed by atoms with Crippen LogP contribution in [0.4, 0.5) is 0 Å². The zero-order chi connectivity index (χ0) is 13.2. The zero-order valence-corrected chi connectivity index (χ0v) is 12.8. The molecule has 0 aliphatic heterocycles. The monoisotopic (exact) mass is 317 g/mol. The SMILES string of the molecule is Cc1ccc(C(=O)NC(C)(C)C(C)Cl)cc1Br. The summed E-state index contributed by atoms with van der Waals surface area (Å²) >= 11 is 9.45. The molecule has 0 aliphatic carbocycles. The Hall–Kier alpha value is -0.540. The quantitative estimate of drug-likeness (QED) is 0.842. The van der Waals surface area contributed by atoms with Gasteiger partial charge in [0.25, 0.3) is 5.91 Å². The van der Waals surface area contributed by atoms with Crippen molar-refractivity contribution >= 4 is 33.4 Å². The summed E-state index contributed by atoms with van der Waals surface area (Å²) in [4.78, 5) is 12.0. The highest BCUT2D eigenvalue weighted by Crippen LogP contribution is 2.19. The molecule has 1 rings (SSSR count). The van der Waals surface area contributed by atoms with E-state index in [1.54, 1.807) is 0 Å². The number of alkyl halides is 1. The molecule has 0 fully saturated rings. The predicted molar refractivity (Wildman–Crippen MR) is 75.7 cm³/mol. The summed E-state index contributed by atoms with van der Waals surface area (Å²) in [5, 5.41) is 2.79. The highest BCUT2D eigenvalue weighted by Gasteiger charge is 2.26. The van der Waals surface area contributed by atoms with Crippen molar-refractivity contribution < 1.29 is 4.79 Å². The minimum atomic E-state index is -0.435. The first-order valence-corrected chi connectivity index (χ1v) is 6.69. The maximum absolute atomic E-state index is 12.0. The lowest BCUT2D eigenvalue weighted by molar-refractivity contribution is 0.0912. The molecule has 1 aromatic rings. The molecule has 1 atom stereocenters. The van der Waals surface area contributed by atoms with Crippen LogP contribution in [0, 0.1) is 6.92 Å². The summed E-state index contributed by atoms with van der Waals surface area (Å²) in [6.07, 6.45) is 0. The molecule has 1 amide bonds. The third-order valence-electron chi connectivity index (χ3n) is 2.86.